The fourth-order valence-electron chi connectivity index (χ4n) is 4.05. The van der Waals surface area contributed by atoms with Crippen LogP contribution in [0.1, 0.15) is 54.0 Å². The monoisotopic (exact) mass is 465 g/mol. The predicted octanol–water partition coefficient (Wildman–Crippen LogP) is 4.98. The molecule has 0 spiro atoms. The summed E-state index contributed by atoms with van der Waals surface area (Å²) in [4.78, 5) is 39.0. The smallest absolute Gasteiger partial charge is 0.307 e. The Kier molecular flexibility index (Phi) is 6.00. The highest BCUT2D eigenvalue weighted by molar-refractivity contribution is 6.38. The first-order valence-electron chi connectivity index (χ1n) is 10.9. The van der Waals surface area contributed by atoms with Crippen LogP contribution in [-0.4, -0.2) is 35.1 Å². The normalized spacial score (nSPS) is 13.2. The molecular weight excluding hydrogens is 441 g/mol. The number of carboxylic acid groups (broad SMARTS) is 1. The molecule has 1 N–H and O–H groups in total. The zero-order valence-corrected chi connectivity index (χ0v) is 19.2. The molecule has 1 aliphatic rings. The average molecular weight is 465 g/mol. The number of imide groups is 1. The van der Waals surface area contributed by atoms with Gasteiger partial charge in [-0.3, -0.25) is 14.4 Å². The maximum absolute atomic E-state index is 15.0. The number of anilines is 1. The van der Waals surface area contributed by atoms with Gasteiger partial charge in [0.15, 0.2) is 0 Å². The fraction of sp³-hybridized carbons (Fsp3) is 0.269. The molecule has 4 rings (SSSR count). The second-order valence-electron chi connectivity index (χ2n) is 8.59. The first kappa shape index (κ1) is 23.2. The molecule has 0 fully saturated rings. The van der Waals surface area contributed by atoms with E-state index in [0.717, 1.165) is 11.0 Å². The van der Waals surface area contributed by atoms with Gasteiger partial charge in [-0.1, -0.05) is 30.3 Å². The second kappa shape index (κ2) is 8.78. The van der Waals surface area contributed by atoms with Crippen LogP contribution >= 0.6 is 0 Å². The quantitative estimate of drug-likeness (QED) is 0.495. The standard InChI is InChI=1S/C26H24FNO6/c1-13(2)33-23-16-7-5-6-8-17(16)24(34-14(3)4)22-21(23)25(31)28(26(22)32)19-10-9-15(11-18(19)27)12-20(29)30/h5-11,13-14H,12H2,1-4H3,(H,29,30). The third-order valence-electron chi connectivity index (χ3n) is 5.27. The zero-order chi connectivity index (χ0) is 24.7. The Balaban J connectivity index is 1.96. The Morgan fingerprint density at radius 2 is 1.41 bits per heavy atom. The molecule has 1 aliphatic heterocycles. The van der Waals surface area contributed by atoms with E-state index in [-0.39, 0.29) is 52.5 Å². The van der Waals surface area contributed by atoms with E-state index in [9.17, 15) is 14.4 Å². The number of carboxylic acids is 1. The first-order chi connectivity index (χ1) is 16.1. The molecule has 34 heavy (non-hydrogen) atoms. The Morgan fingerprint density at radius 3 is 1.82 bits per heavy atom. The number of amides is 2. The number of hydrogen-bond acceptors (Lipinski definition) is 5. The molecule has 8 heteroatoms. The molecule has 0 unspecified atom stereocenters. The average Bonchev–Trinajstić information content (AvgIpc) is 3.00. The van der Waals surface area contributed by atoms with Crippen LogP contribution in [0.5, 0.6) is 11.5 Å². The number of halogens is 1. The van der Waals surface area contributed by atoms with Gasteiger partial charge in [-0.2, -0.15) is 0 Å². The number of rotatable bonds is 7. The van der Waals surface area contributed by atoms with E-state index in [1.807, 2.05) is 0 Å². The summed E-state index contributed by atoms with van der Waals surface area (Å²) in [6.07, 6.45) is -0.981. The lowest BCUT2D eigenvalue weighted by Gasteiger charge is -2.20. The highest BCUT2D eigenvalue weighted by Crippen LogP contribution is 2.47. The number of aliphatic carboxylic acids is 1. The van der Waals surface area contributed by atoms with Crippen molar-refractivity contribution in [2.75, 3.05) is 4.90 Å². The Hall–Kier alpha value is -3.94. The topological polar surface area (TPSA) is 93.1 Å². The van der Waals surface area contributed by atoms with Crippen LogP contribution < -0.4 is 14.4 Å². The first-order valence-corrected chi connectivity index (χ1v) is 10.9. The van der Waals surface area contributed by atoms with E-state index in [0.29, 0.717) is 10.8 Å². The molecular formula is C26H24FNO6. The van der Waals surface area contributed by atoms with Gasteiger partial charge in [-0.15, -0.1) is 0 Å². The molecule has 176 valence electrons. The maximum atomic E-state index is 15.0. The highest BCUT2D eigenvalue weighted by atomic mass is 19.1. The molecule has 3 aromatic rings. The van der Waals surface area contributed by atoms with Crippen LogP contribution in [0.15, 0.2) is 42.5 Å². The summed E-state index contributed by atoms with van der Waals surface area (Å²) in [6, 6.07) is 10.8. The van der Waals surface area contributed by atoms with Gasteiger partial charge in [-0.25, -0.2) is 9.29 Å². The van der Waals surface area contributed by atoms with Crippen molar-refractivity contribution in [2.45, 2.75) is 46.3 Å². The molecule has 0 bridgehead atoms. The van der Waals surface area contributed by atoms with Gasteiger partial charge in [0, 0.05) is 10.8 Å². The lowest BCUT2D eigenvalue weighted by molar-refractivity contribution is -0.136. The summed E-state index contributed by atoms with van der Waals surface area (Å²) in [7, 11) is 0. The van der Waals surface area contributed by atoms with Crippen LogP contribution in [-0.2, 0) is 11.2 Å². The van der Waals surface area contributed by atoms with Gasteiger partial charge < -0.3 is 14.6 Å². The van der Waals surface area contributed by atoms with Crippen molar-refractivity contribution in [1.82, 2.24) is 0 Å². The molecule has 7 nitrogen and oxygen atoms in total. The molecule has 0 radical (unpaired) electrons. The number of nitrogens with zero attached hydrogens (tertiary/aromatic N) is 1. The van der Waals surface area contributed by atoms with E-state index in [4.69, 9.17) is 14.6 Å². The van der Waals surface area contributed by atoms with E-state index in [2.05, 4.69) is 0 Å². The Labute approximate surface area is 195 Å². The van der Waals surface area contributed by atoms with Crippen molar-refractivity contribution >= 4 is 34.2 Å². The molecule has 3 aromatic carbocycles. The van der Waals surface area contributed by atoms with Gasteiger partial charge in [0.05, 0.1) is 35.4 Å². The third-order valence-corrected chi connectivity index (χ3v) is 5.27. The number of hydrogen-bond donors (Lipinski definition) is 1. The maximum Gasteiger partial charge on any atom is 0.307 e. The third kappa shape index (κ3) is 3.96. The van der Waals surface area contributed by atoms with E-state index in [1.165, 1.54) is 12.1 Å². The molecule has 0 aromatic heterocycles. The predicted molar refractivity (Wildman–Crippen MR) is 124 cm³/mol. The summed E-state index contributed by atoms with van der Waals surface area (Å²) in [5, 5.41) is 10.2. The molecule has 0 aliphatic carbocycles. The highest BCUT2D eigenvalue weighted by Gasteiger charge is 2.44. The minimum atomic E-state index is -1.12. The van der Waals surface area contributed by atoms with Crippen molar-refractivity contribution < 1.29 is 33.4 Å². The van der Waals surface area contributed by atoms with Gasteiger partial charge in [0.1, 0.15) is 17.3 Å². The summed E-state index contributed by atoms with van der Waals surface area (Å²) < 4.78 is 27.0. The number of fused-ring (bicyclic) bond motifs is 2. The largest absolute Gasteiger partial charge is 0.489 e. The molecule has 2 amide bonds. The van der Waals surface area contributed by atoms with E-state index < -0.39 is 23.6 Å². The Morgan fingerprint density at radius 1 is 0.912 bits per heavy atom. The zero-order valence-electron chi connectivity index (χ0n) is 19.2. The summed E-state index contributed by atoms with van der Waals surface area (Å²) in [5.41, 5.74) is -0.0247. The minimum absolute atomic E-state index is 0.0158. The van der Waals surface area contributed by atoms with Gasteiger partial charge in [0.25, 0.3) is 11.8 Å². The number of carbonyl (C=O) groups is 3. The van der Waals surface area contributed by atoms with Gasteiger partial charge in [0.2, 0.25) is 0 Å². The molecule has 1 heterocycles. The molecule has 0 saturated heterocycles. The van der Waals surface area contributed by atoms with Crippen LogP contribution in [0, 0.1) is 5.82 Å². The van der Waals surface area contributed by atoms with Crippen molar-refractivity contribution in [3.8, 4) is 11.5 Å². The SMILES string of the molecule is CC(C)Oc1c2c(c(OC(C)C)c3ccccc13)C(=O)N(c1ccc(CC(=O)O)cc1F)C2=O. The van der Waals surface area contributed by atoms with E-state index >= 15 is 4.39 Å². The van der Waals surface area contributed by atoms with Crippen LogP contribution in [0.25, 0.3) is 10.8 Å². The Bertz CT molecular complexity index is 1260. The molecule has 0 atom stereocenters. The summed E-state index contributed by atoms with van der Waals surface area (Å²) in [6.45, 7) is 7.22. The minimum Gasteiger partial charge on any atom is -0.489 e. The van der Waals surface area contributed by atoms with Gasteiger partial charge in [-0.05, 0) is 45.4 Å². The number of carbonyl (C=O) groups excluding carboxylic acids is 2. The number of benzene rings is 3. The van der Waals surface area contributed by atoms with E-state index in [1.54, 1.807) is 52.0 Å². The summed E-state index contributed by atoms with van der Waals surface area (Å²) in [5.74, 6) is -3.00. The summed E-state index contributed by atoms with van der Waals surface area (Å²) >= 11 is 0. The fourth-order valence-corrected chi connectivity index (χ4v) is 4.05. The second-order valence-corrected chi connectivity index (χ2v) is 8.59. The van der Waals surface area contributed by atoms with Crippen molar-refractivity contribution in [3.63, 3.8) is 0 Å². The molecule has 0 saturated carbocycles. The van der Waals surface area contributed by atoms with Crippen molar-refractivity contribution in [3.05, 3.63) is 65.0 Å². The van der Waals surface area contributed by atoms with Crippen LogP contribution in [0.2, 0.25) is 0 Å². The lowest BCUT2D eigenvalue weighted by atomic mass is 9.98. The van der Waals surface area contributed by atoms with Crippen molar-refractivity contribution in [2.24, 2.45) is 0 Å². The van der Waals surface area contributed by atoms with Crippen LogP contribution in [0.4, 0.5) is 10.1 Å². The van der Waals surface area contributed by atoms with Gasteiger partial charge >= 0.3 is 5.97 Å². The lowest BCUT2D eigenvalue weighted by Crippen LogP contribution is -2.30. The number of ether oxygens (including phenoxy) is 2. The van der Waals surface area contributed by atoms with Crippen molar-refractivity contribution in [1.29, 1.82) is 0 Å². The van der Waals surface area contributed by atoms with Crippen LogP contribution in [0.3, 0.4) is 0 Å².